The lowest BCUT2D eigenvalue weighted by molar-refractivity contribution is -0.110. The first-order valence-corrected chi connectivity index (χ1v) is 6.15. The molecule has 0 rings (SSSR count). The standard InChI is InChI=1S/C8H16O3S/c1-8(7-9)5-3-4-6-12(2,10)11/h7-8H,3-6H2,1-2H3. The molecule has 0 saturated heterocycles. The van der Waals surface area contributed by atoms with Gasteiger partial charge in [-0.25, -0.2) is 8.42 Å². The van der Waals surface area contributed by atoms with E-state index in [1.807, 2.05) is 6.92 Å². The molecule has 0 heterocycles. The number of carbonyl (C=O) groups is 1. The molecule has 0 spiro atoms. The minimum Gasteiger partial charge on any atom is -0.303 e. The van der Waals surface area contributed by atoms with E-state index < -0.39 is 9.84 Å². The van der Waals surface area contributed by atoms with Gasteiger partial charge in [-0.1, -0.05) is 13.3 Å². The maximum absolute atomic E-state index is 10.7. The van der Waals surface area contributed by atoms with E-state index in [2.05, 4.69) is 0 Å². The summed E-state index contributed by atoms with van der Waals surface area (Å²) in [5.74, 6) is 0.294. The fourth-order valence-corrected chi connectivity index (χ4v) is 1.63. The Hall–Kier alpha value is -0.380. The van der Waals surface area contributed by atoms with Gasteiger partial charge in [-0.05, 0) is 12.8 Å². The van der Waals surface area contributed by atoms with E-state index in [-0.39, 0.29) is 11.7 Å². The molecule has 0 aromatic heterocycles. The zero-order chi connectivity index (χ0) is 9.61. The molecule has 0 bridgehead atoms. The van der Waals surface area contributed by atoms with Crippen LogP contribution in [-0.2, 0) is 14.6 Å². The molecule has 3 nitrogen and oxygen atoms in total. The van der Waals surface area contributed by atoms with E-state index in [0.29, 0.717) is 6.42 Å². The van der Waals surface area contributed by atoms with E-state index in [0.717, 1.165) is 19.1 Å². The van der Waals surface area contributed by atoms with Gasteiger partial charge in [-0.2, -0.15) is 0 Å². The Morgan fingerprint density at radius 3 is 2.33 bits per heavy atom. The van der Waals surface area contributed by atoms with Gasteiger partial charge in [-0.3, -0.25) is 0 Å². The predicted octanol–water partition coefficient (Wildman–Crippen LogP) is 1.04. The SMILES string of the molecule is CC(C=O)CCCCS(C)(=O)=O. The molecule has 0 radical (unpaired) electrons. The average molecular weight is 192 g/mol. The molecule has 0 aromatic carbocycles. The molecule has 0 aromatic rings. The van der Waals surface area contributed by atoms with Crippen molar-refractivity contribution in [2.24, 2.45) is 5.92 Å². The molecule has 1 unspecified atom stereocenters. The number of carbonyl (C=O) groups excluding carboxylic acids is 1. The Labute approximate surface area is 74.1 Å². The van der Waals surface area contributed by atoms with Gasteiger partial charge in [0.2, 0.25) is 0 Å². The number of hydrogen-bond donors (Lipinski definition) is 0. The molecule has 4 heteroatoms. The van der Waals surface area contributed by atoms with Crippen LogP contribution in [0.2, 0.25) is 0 Å². The summed E-state index contributed by atoms with van der Waals surface area (Å²) in [5, 5.41) is 0. The molecular formula is C8H16O3S. The Morgan fingerprint density at radius 2 is 1.92 bits per heavy atom. The van der Waals surface area contributed by atoms with Gasteiger partial charge in [0.1, 0.15) is 16.1 Å². The third-order valence-corrected chi connectivity index (χ3v) is 2.69. The predicted molar refractivity (Wildman–Crippen MR) is 48.8 cm³/mol. The molecule has 0 aliphatic rings. The molecule has 12 heavy (non-hydrogen) atoms. The molecule has 0 amide bonds. The third kappa shape index (κ3) is 7.72. The summed E-state index contributed by atoms with van der Waals surface area (Å²) < 4.78 is 21.4. The van der Waals surface area contributed by atoms with E-state index in [1.54, 1.807) is 0 Å². The van der Waals surface area contributed by atoms with Crippen molar-refractivity contribution in [2.45, 2.75) is 26.2 Å². The van der Waals surface area contributed by atoms with E-state index in [1.165, 1.54) is 6.26 Å². The highest BCUT2D eigenvalue weighted by molar-refractivity contribution is 7.90. The zero-order valence-corrected chi connectivity index (χ0v) is 8.43. The molecule has 0 fully saturated rings. The summed E-state index contributed by atoms with van der Waals surface area (Å²) in [6.45, 7) is 1.84. The lowest BCUT2D eigenvalue weighted by atomic mass is 10.1. The van der Waals surface area contributed by atoms with Gasteiger partial charge in [-0.15, -0.1) is 0 Å². The summed E-state index contributed by atoms with van der Waals surface area (Å²) in [7, 11) is -2.82. The summed E-state index contributed by atoms with van der Waals surface area (Å²) in [5.41, 5.74) is 0. The normalized spacial score (nSPS) is 14.2. The smallest absolute Gasteiger partial charge is 0.147 e. The van der Waals surface area contributed by atoms with Crippen molar-refractivity contribution >= 4 is 16.1 Å². The first kappa shape index (κ1) is 11.6. The largest absolute Gasteiger partial charge is 0.303 e. The highest BCUT2D eigenvalue weighted by Crippen LogP contribution is 2.05. The first-order valence-electron chi connectivity index (χ1n) is 4.08. The second kappa shape index (κ2) is 5.30. The Bertz CT molecular complexity index is 218. The molecular weight excluding hydrogens is 176 g/mol. The minimum atomic E-state index is -2.82. The molecule has 1 atom stereocenters. The van der Waals surface area contributed by atoms with Crippen LogP contribution in [0.1, 0.15) is 26.2 Å². The quantitative estimate of drug-likeness (QED) is 0.466. The number of unbranched alkanes of at least 4 members (excludes halogenated alkanes) is 1. The Morgan fingerprint density at radius 1 is 1.33 bits per heavy atom. The Kier molecular flexibility index (Phi) is 5.13. The maximum atomic E-state index is 10.7. The van der Waals surface area contributed by atoms with Gasteiger partial charge in [0, 0.05) is 17.9 Å². The van der Waals surface area contributed by atoms with Crippen LogP contribution in [0.3, 0.4) is 0 Å². The van der Waals surface area contributed by atoms with Crippen molar-refractivity contribution in [1.82, 2.24) is 0 Å². The maximum Gasteiger partial charge on any atom is 0.147 e. The summed E-state index contributed by atoms with van der Waals surface area (Å²) in [4.78, 5) is 10.2. The van der Waals surface area contributed by atoms with Crippen molar-refractivity contribution in [3.8, 4) is 0 Å². The van der Waals surface area contributed by atoms with E-state index >= 15 is 0 Å². The second-order valence-corrected chi connectivity index (χ2v) is 5.50. The van der Waals surface area contributed by atoms with Crippen molar-refractivity contribution in [3.63, 3.8) is 0 Å². The average Bonchev–Trinajstić information content (AvgIpc) is 1.96. The van der Waals surface area contributed by atoms with Crippen LogP contribution < -0.4 is 0 Å². The van der Waals surface area contributed by atoms with Crippen molar-refractivity contribution in [2.75, 3.05) is 12.0 Å². The van der Waals surface area contributed by atoms with Crippen molar-refractivity contribution < 1.29 is 13.2 Å². The molecule has 72 valence electrons. The summed E-state index contributed by atoms with van der Waals surface area (Å²) in [6.07, 6.45) is 4.40. The van der Waals surface area contributed by atoms with Crippen LogP contribution in [0, 0.1) is 5.92 Å². The fraction of sp³-hybridized carbons (Fsp3) is 0.875. The lowest BCUT2D eigenvalue weighted by Crippen LogP contribution is -2.04. The third-order valence-electron chi connectivity index (χ3n) is 1.66. The Balaban J connectivity index is 3.40. The fourth-order valence-electron chi connectivity index (χ4n) is 0.899. The molecule has 0 saturated carbocycles. The monoisotopic (exact) mass is 192 g/mol. The highest BCUT2D eigenvalue weighted by Gasteiger charge is 2.03. The summed E-state index contributed by atoms with van der Waals surface area (Å²) >= 11 is 0. The van der Waals surface area contributed by atoms with Gasteiger partial charge in [0.05, 0.1) is 0 Å². The molecule has 0 aliphatic heterocycles. The zero-order valence-electron chi connectivity index (χ0n) is 7.62. The summed E-state index contributed by atoms with van der Waals surface area (Å²) in [6, 6.07) is 0. The number of sulfone groups is 1. The first-order chi connectivity index (χ1) is 5.45. The van der Waals surface area contributed by atoms with Crippen molar-refractivity contribution in [1.29, 1.82) is 0 Å². The highest BCUT2D eigenvalue weighted by atomic mass is 32.2. The lowest BCUT2D eigenvalue weighted by Gasteiger charge is -2.01. The number of hydrogen-bond acceptors (Lipinski definition) is 3. The topological polar surface area (TPSA) is 51.2 Å². The van der Waals surface area contributed by atoms with Crippen LogP contribution in [0.25, 0.3) is 0 Å². The van der Waals surface area contributed by atoms with E-state index in [9.17, 15) is 13.2 Å². The van der Waals surface area contributed by atoms with Gasteiger partial charge in [0.15, 0.2) is 0 Å². The van der Waals surface area contributed by atoms with Crippen molar-refractivity contribution in [3.05, 3.63) is 0 Å². The van der Waals surface area contributed by atoms with Crippen LogP contribution in [0.15, 0.2) is 0 Å². The van der Waals surface area contributed by atoms with Gasteiger partial charge in [0.25, 0.3) is 0 Å². The number of rotatable bonds is 6. The second-order valence-electron chi connectivity index (χ2n) is 3.24. The van der Waals surface area contributed by atoms with Crippen LogP contribution >= 0.6 is 0 Å². The molecule has 0 aliphatic carbocycles. The van der Waals surface area contributed by atoms with E-state index in [4.69, 9.17) is 0 Å². The van der Waals surface area contributed by atoms with Crippen LogP contribution in [0.5, 0.6) is 0 Å². The van der Waals surface area contributed by atoms with Crippen LogP contribution in [-0.4, -0.2) is 26.7 Å². The van der Waals surface area contributed by atoms with Gasteiger partial charge >= 0.3 is 0 Å². The minimum absolute atomic E-state index is 0.0598. The molecule has 0 N–H and O–H groups in total. The van der Waals surface area contributed by atoms with Gasteiger partial charge < -0.3 is 4.79 Å². The van der Waals surface area contributed by atoms with Crippen LogP contribution in [0.4, 0.5) is 0 Å². The number of aldehydes is 1.